The molecule has 2 heteroatoms. The molecule has 1 unspecified atom stereocenters. The molecule has 0 N–H and O–H groups in total. The van der Waals surface area contributed by atoms with Crippen LogP contribution in [-0.2, 0) is 4.74 Å². The van der Waals surface area contributed by atoms with Gasteiger partial charge in [0, 0.05) is 6.61 Å². The minimum atomic E-state index is -0.0197. The van der Waals surface area contributed by atoms with Gasteiger partial charge in [0.2, 0.25) is 0 Å². The normalized spacial score (nSPS) is 29.9. The smallest absolute Gasteiger partial charge is 0.0689 e. The highest BCUT2D eigenvalue weighted by molar-refractivity contribution is 5.02. The Labute approximate surface area is 112 Å². The average molecular weight is 249 g/mol. The van der Waals surface area contributed by atoms with Crippen LogP contribution < -0.4 is 0 Å². The summed E-state index contributed by atoms with van der Waals surface area (Å²) in [4.78, 5) is 0. The van der Waals surface area contributed by atoms with E-state index < -0.39 is 0 Å². The van der Waals surface area contributed by atoms with Crippen LogP contribution in [0.3, 0.4) is 0 Å². The Kier molecular flexibility index (Phi) is 4.33. The second kappa shape index (κ2) is 5.61. The van der Waals surface area contributed by atoms with Crippen molar-refractivity contribution in [3.63, 3.8) is 0 Å². The summed E-state index contributed by atoms with van der Waals surface area (Å²) in [5.74, 6) is 0. The quantitative estimate of drug-likeness (QED) is 0.737. The molecule has 1 aliphatic carbocycles. The molecule has 1 atom stereocenters. The Balaban J connectivity index is 1.77. The Bertz CT molecular complexity index is 300. The van der Waals surface area contributed by atoms with Crippen LogP contribution in [0.2, 0.25) is 0 Å². The molecule has 102 valence electrons. The summed E-state index contributed by atoms with van der Waals surface area (Å²) in [7, 11) is 0. The molecule has 2 nitrogen and oxygen atoms in total. The Hall–Kier alpha value is -0.550. The van der Waals surface area contributed by atoms with E-state index in [9.17, 15) is 5.26 Å². The van der Waals surface area contributed by atoms with Crippen molar-refractivity contribution in [3.8, 4) is 6.07 Å². The molecular weight excluding hydrogens is 222 g/mol. The molecule has 0 amide bonds. The van der Waals surface area contributed by atoms with Crippen LogP contribution in [0.25, 0.3) is 0 Å². The van der Waals surface area contributed by atoms with E-state index >= 15 is 0 Å². The van der Waals surface area contributed by atoms with E-state index in [4.69, 9.17) is 4.74 Å². The predicted octanol–water partition coefficient (Wildman–Crippen LogP) is 4.45. The first kappa shape index (κ1) is 13.9. The highest BCUT2D eigenvalue weighted by atomic mass is 16.5. The highest BCUT2D eigenvalue weighted by Gasteiger charge is 2.38. The monoisotopic (exact) mass is 249 g/mol. The fourth-order valence-corrected chi connectivity index (χ4v) is 3.36. The zero-order valence-corrected chi connectivity index (χ0v) is 12.0. The zero-order chi connectivity index (χ0) is 13.1. The maximum absolute atomic E-state index is 9.52. The summed E-state index contributed by atoms with van der Waals surface area (Å²) in [5, 5.41) is 9.52. The van der Waals surface area contributed by atoms with Crippen LogP contribution in [0.1, 0.15) is 71.6 Å². The first-order valence-corrected chi connectivity index (χ1v) is 7.58. The summed E-state index contributed by atoms with van der Waals surface area (Å²) in [6.07, 6.45) is 11.0. The van der Waals surface area contributed by atoms with E-state index in [1.165, 1.54) is 32.1 Å². The van der Waals surface area contributed by atoms with Gasteiger partial charge in [-0.15, -0.1) is 0 Å². The second-order valence-corrected chi connectivity index (χ2v) is 7.08. The number of hydrogen-bond acceptors (Lipinski definition) is 2. The number of ether oxygens (including phenoxy) is 1. The molecule has 0 bridgehead atoms. The molecule has 0 aromatic carbocycles. The topological polar surface area (TPSA) is 33.0 Å². The van der Waals surface area contributed by atoms with E-state index in [-0.39, 0.29) is 5.41 Å². The van der Waals surface area contributed by atoms with E-state index in [2.05, 4.69) is 19.9 Å². The number of nitriles is 1. The third-order valence-corrected chi connectivity index (χ3v) is 5.00. The van der Waals surface area contributed by atoms with Gasteiger partial charge < -0.3 is 4.74 Å². The first-order chi connectivity index (χ1) is 8.55. The van der Waals surface area contributed by atoms with Gasteiger partial charge in [0.1, 0.15) is 0 Å². The average Bonchev–Trinajstić information content (AvgIpc) is 2.85. The van der Waals surface area contributed by atoms with E-state index in [1.54, 1.807) is 0 Å². The van der Waals surface area contributed by atoms with Crippen LogP contribution >= 0.6 is 0 Å². The van der Waals surface area contributed by atoms with E-state index in [0.29, 0.717) is 11.5 Å². The second-order valence-electron chi connectivity index (χ2n) is 7.08. The zero-order valence-electron chi connectivity index (χ0n) is 12.0. The van der Waals surface area contributed by atoms with Gasteiger partial charge in [-0.3, -0.25) is 0 Å². The highest BCUT2D eigenvalue weighted by Crippen LogP contribution is 2.47. The van der Waals surface area contributed by atoms with Crippen molar-refractivity contribution in [2.45, 2.75) is 77.7 Å². The molecular formula is C16H27NO. The molecule has 0 aromatic heterocycles. The van der Waals surface area contributed by atoms with Gasteiger partial charge in [0.15, 0.2) is 0 Å². The van der Waals surface area contributed by atoms with Gasteiger partial charge in [-0.1, -0.05) is 13.8 Å². The third kappa shape index (κ3) is 3.48. The lowest BCUT2D eigenvalue weighted by molar-refractivity contribution is 0.0919. The van der Waals surface area contributed by atoms with Crippen molar-refractivity contribution in [2.75, 3.05) is 6.61 Å². The fraction of sp³-hybridized carbons (Fsp3) is 0.938. The molecule has 2 aliphatic rings. The molecule has 2 fully saturated rings. The van der Waals surface area contributed by atoms with Crippen LogP contribution in [0.4, 0.5) is 0 Å². The van der Waals surface area contributed by atoms with Crippen molar-refractivity contribution in [1.29, 1.82) is 5.26 Å². The molecule has 2 rings (SSSR count). The fourth-order valence-electron chi connectivity index (χ4n) is 3.36. The lowest BCUT2D eigenvalue weighted by Gasteiger charge is -2.39. The van der Waals surface area contributed by atoms with Gasteiger partial charge in [-0.25, -0.2) is 0 Å². The summed E-state index contributed by atoms with van der Waals surface area (Å²) < 4.78 is 5.66. The van der Waals surface area contributed by atoms with Crippen molar-refractivity contribution in [3.05, 3.63) is 0 Å². The van der Waals surface area contributed by atoms with Crippen LogP contribution in [0, 0.1) is 22.2 Å². The van der Waals surface area contributed by atoms with Crippen LogP contribution in [0.5, 0.6) is 0 Å². The van der Waals surface area contributed by atoms with Crippen molar-refractivity contribution in [2.24, 2.45) is 10.8 Å². The third-order valence-electron chi connectivity index (χ3n) is 5.00. The summed E-state index contributed by atoms with van der Waals surface area (Å²) in [6.45, 7) is 5.61. The minimum absolute atomic E-state index is 0.0197. The molecule has 1 saturated carbocycles. The molecule has 0 aromatic rings. The lowest BCUT2D eigenvalue weighted by Crippen LogP contribution is -2.30. The van der Waals surface area contributed by atoms with E-state index in [0.717, 1.165) is 32.3 Å². The standard InChI is InChI=1S/C16H27NO/c1-15(2)8-10-16(13-17,11-9-15)7-3-5-14-6-4-12-18-14/h14H,3-12H2,1-2H3. The number of hydrogen-bond donors (Lipinski definition) is 0. The maximum atomic E-state index is 9.52. The molecule has 1 heterocycles. The molecule has 0 spiro atoms. The molecule has 1 aliphatic heterocycles. The van der Waals surface area contributed by atoms with Gasteiger partial charge in [0.25, 0.3) is 0 Å². The van der Waals surface area contributed by atoms with Gasteiger partial charge >= 0.3 is 0 Å². The minimum Gasteiger partial charge on any atom is -0.378 e. The molecule has 0 radical (unpaired) electrons. The van der Waals surface area contributed by atoms with Crippen molar-refractivity contribution >= 4 is 0 Å². The first-order valence-electron chi connectivity index (χ1n) is 7.58. The molecule has 1 saturated heterocycles. The molecule has 18 heavy (non-hydrogen) atoms. The van der Waals surface area contributed by atoms with Crippen molar-refractivity contribution < 1.29 is 4.74 Å². The SMILES string of the molecule is CC1(C)CCC(C#N)(CCCC2CCCO2)CC1. The summed E-state index contributed by atoms with van der Waals surface area (Å²) >= 11 is 0. The Morgan fingerprint density at radius 2 is 1.94 bits per heavy atom. The number of rotatable bonds is 4. The van der Waals surface area contributed by atoms with E-state index in [1.807, 2.05) is 0 Å². The largest absolute Gasteiger partial charge is 0.378 e. The van der Waals surface area contributed by atoms with Gasteiger partial charge in [-0.2, -0.15) is 5.26 Å². The van der Waals surface area contributed by atoms with Crippen LogP contribution in [-0.4, -0.2) is 12.7 Å². The maximum Gasteiger partial charge on any atom is 0.0689 e. The van der Waals surface area contributed by atoms with Crippen molar-refractivity contribution in [1.82, 2.24) is 0 Å². The summed E-state index contributed by atoms with van der Waals surface area (Å²) in [5.41, 5.74) is 0.434. The predicted molar refractivity (Wildman–Crippen MR) is 73.1 cm³/mol. The van der Waals surface area contributed by atoms with Crippen LogP contribution in [0.15, 0.2) is 0 Å². The van der Waals surface area contributed by atoms with Gasteiger partial charge in [-0.05, 0) is 63.2 Å². The Morgan fingerprint density at radius 1 is 1.22 bits per heavy atom. The Morgan fingerprint density at radius 3 is 2.50 bits per heavy atom. The summed E-state index contributed by atoms with van der Waals surface area (Å²) in [6, 6.07) is 2.64. The van der Waals surface area contributed by atoms with Gasteiger partial charge in [0.05, 0.1) is 17.6 Å². The lowest BCUT2D eigenvalue weighted by atomic mass is 9.64. The number of nitrogens with zero attached hydrogens (tertiary/aromatic N) is 1.